The zero-order chi connectivity index (χ0) is 12.6. The quantitative estimate of drug-likeness (QED) is 0.803. The van der Waals surface area contributed by atoms with Gasteiger partial charge in [0.2, 0.25) is 0 Å². The Morgan fingerprint density at radius 3 is 2.89 bits per heavy atom. The zero-order valence-corrected chi connectivity index (χ0v) is 12.1. The molecule has 3 fully saturated rings. The first-order chi connectivity index (χ1) is 8.65. The van der Waals surface area contributed by atoms with Gasteiger partial charge in [-0.2, -0.15) is 0 Å². The molecule has 0 aromatic rings. The van der Waals surface area contributed by atoms with Crippen LogP contribution in [0.1, 0.15) is 39.5 Å². The molecule has 0 aromatic carbocycles. The fourth-order valence-electron chi connectivity index (χ4n) is 4.06. The highest BCUT2D eigenvalue weighted by Crippen LogP contribution is 2.31. The summed E-state index contributed by atoms with van der Waals surface area (Å²) in [7, 11) is 0. The van der Waals surface area contributed by atoms with E-state index in [9.17, 15) is 0 Å². The molecule has 0 aliphatic carbocycles. The van der Waals surface area contributed by atoms with Crippen LogP contribution in [-0.4, -0.2) is 61.2 Å². The number of piperazine rings is 1. The smallest absolute Gasteiger partial charge is 0.0246 e. The first-order valence-electron chi connectivity index (χ1n) is 7.85. The predicted octanol–water partition coefficient (Wildman–Crippen LogP) is 1.54. The number of nitrogens with zero attached hydrogens (tertiary/aromatic N) is 2. The van der Waals surface area contributed by atoms with Gasteiger partial charge in [0.15, 0.2) is 0 Å². The number of rotatable bonds is 2. The summed E-state index contributed by atoms with van der Waals surface area (Å²) in [5, 5.41) is 3.76. The molecule has 18 heavy (non-hydrogen) atoms. The van der Waals surface area contributed by atoms with Gasteiger partial charge in [0.25, 0.3) is 0 Å². The molecule has 3 heterocycles. The van der Waals surface area contributed by atoms with Gasteiger partial charge < -0.3 is 5.32 Å². The SMILES string of the molecule is CC1(C)CCCNC1CN1CCN2CCCC2C1. The minimum absolute atomic E-state index is 0.477. The van der Waals surface area contributed by atoms with E-state index in [1.54, 1.807) is 0 Å². The number of piperidine rings is 1. The first-order valence-corrected chi connectivity index (χ1v) is 7.85. The minimum atomic E-state index is 0.477. The molecule has 104 valence electrons. The lowest BCUT2D eigenvalue weighted by Crippen LogP contribution is -2.57. The molecule has 0 spiro atoms. The predicted molar refractivity (Wildman–Crippen MR) is 75.8 cm³/mol. The number of hydrogen-bond acceptors (Lipinski definition) is 3. The highest BCUT2D eigenvalue weighted by atomic mass is 15.3. The van der Waals surface area contributed by atoms with Gasteiger partial charge in [-0.1, -0.05) is 13.8 Å². The average molecular weight is 251 g/mol. The molecule has 3 rings (SSSR count). The van der Waals surface area contributed by atoms with Crippen LogP contribution in [0.25, 0.3) is 0 Å². The van der Waals surface area contributed by atoms with Crippen molar-refractivity contribution >= 4 is 0 Å². The second kappa shape index (κ2) is 5.10. The van der Waals surface area contributed by atoms with E-state index in [4.69, 9.17) is 0 Å². The van der Waals surface area contributed by atoms with Crippen molar-refractivity contribution in [1.29, 1.82) is 0 Å². The standard InChI is InChI=1S/C15H29N3/c1-15(2)6-4-7-16-14(15)12-17-9-10-18-8-3-5-13(18)11-17/h13-14,16H,3-12H2,1-2H3. The van der Waals surface area contributed by atoms with Crippen molar-refractivity contribution in [2.24, 2.45) is 5.41 Å². The third-order valence-electron chi connectivity index (χ3n) is 5.44. The largest absolute Gasteiger partial charge is 0.312 e. The van der Waals surface area contributed by atoms with Gasteiger partial charge in [-0.05, 0) is 44.2 Å². The lowest BCUT2D eigenvalue weighted by atomic mass is 9.77. The molecule has 0 aromatic heterocycles. The molecule has 3 nitrogen and oxygen atoms in total. The van der Waals surface area contributed by atoms with Crippen LogP contribution in [0, 0.1) is 5.41 Å². The Morgan fingerprint density at radius 1 is 1.17 bits per heavy atom. The third-order valence-corrected chi connectivity index (χ3v) is 5.44. The van der Waals surface area contributed by atoms with Gasteiger partial charge in [0, 0.05) is 38.3 Å². The van der Waals surface area contributed by atoms with E-state index in [0.29, 0.717) is 11.5 Å². The highest BCUT2D eigenvalue weighted by molar-refractivity contribution is 4.93. The summed E-state index contributed by atoms with van der Waals surface area (Å²) in [6.07, 6.45) is 5.58. The fraction of sp³-hybridized carbons (Fsp3) is 1.00. The topological polar surface area (TPSA) is 18.5 Å². The molecule has 0 amide bonds. The molecule has 0 bridgehead atoms. The lowest BCUT2D eigenvalue weighted by Gasteiger charge is -2.45. The summed E-state index contributed by atoms with van der Waals surface area (Å²) < 4.78 is 0. The molecule has 3 heteroatoms. The third kappa shape index (κ3) is 2.59. The van der Waals surface area contributed by atoms with Gasteiger partial charge in [-0.3, -0.25) is 9.80 Å². The Morgan fingerprint density at radius 2 is 2.06 bits per heavy atom. The van der Waals surface area contributed by atoms with Crippen molar-refractivity contribution in [3.8, 4) is 0 Å². The van der Waals surface area contributed by atoms with Crippen molar-refractivity contribution < 1.29 is 0 Å². The molecule has 1 N–H and O–H groups in total. The van der Waals surface area contributed by atoms with Crippen LogP contribution in [0.15, 0.2) is 0 Å². The fourth-order valence-corrected chi connectivity index (χ4v) is 4.06. The molecule has 3 aliphatic rings. The first kappa shape index (κ1) is 12.9. The Labute approximate surface area is 112 Å². The Hall–Kier alpha value is -0.120. The van der Waals surface area contributed by atoms with Crippen molar-refractivity contribution in [2.45, 2.75) is 51.6 Å². The van der Waals surface area contributed by atoms with Crippen LogP contribution in [-0.2, 0) is 0 Å². The van der Waals surface area contributed by atoms with E-state index in [2.05, 4.69) is 29.0 Å². The van der Waals surface area contributed by atoms with Crippen LogP contribution >= 0.6 is 0 Å². The highest BCUT2D eigenvalue weighted by Gasteiger charge is 2.36. The second-order valence-electron chi connectivity index (χ2n) is 7.19. The van der Waals surface area contributed by atoms with E-state index in [0.717, 1.165) is 6.04 Å². The van der Waals surface area contributed by atoms with Crippen molar-refractivity contribution in [1.82, 2.24) is 15.1 Å². The molecular weight excluding hydrogens is 222 g/mol. The summed E-state index contributed by atoms with van der Waals surface area (Å²) in [6.45, 7) is 12.6. The molecule has 3 aliphatic heterocycles. The maximum absolute atomic E-state index is 3.76. The zero-order valence-electron chi connectivity index (χ0n) is 12.1. The summed E-state index contributed by atoms with van der Waals surface area (Å²) >= 11 is 0. The number of fused-ring (bicyclic) bond motifs is 1. The minimum Gasteiger partial charge on any atom is -0.312 e. The normalized spacial score (nSPS) is 37.7. The summed E-state index contributed by atoms with van der Waals surface area (Å²) in [6, 6.07) is 1.56. The Kier molecular flexibility index (Phi) is 3.65. The van der Waals surface area contributed by atoms with Crippen molar-refractivity contribution in [3.05, 3.63) is 0 Å². The molecule has 2 atom stereocenters. The van der Waals surface area contributed by atoms with Gasteiger partial charge in [0.1, 0.15) is 0 Å². The number of hydrogen-bond donors (Lipinski definition) is 1. The lowest BCUT2D eigenvalue weighted by molar-refractivity contribution is 0.0670. The molecular formula is C15H29N3. The summed E-state index contributed by atoms with van der Waals surface area (Å²) in [4.78, 5) is 5.42. The van der Waals surface area contributed by atoms with Crippen molar-refractivity contribution in [2.75, 3.05) is 39.3 Å². The van der Waals surface area contributed by atoms with Crippen LogP contribution in [0.4, 0.5) is 0 Å². The van der Waals surface area contributed by atoms with Gasteiger partial charge >= 0.3 is 0 Å². The summed E-state index contributed by atoms with van der Waals surface area (Å²) in [5.41, 5.74) is 0.477. The maximum atomic E-state index is 3.76. The second-order valence-corrected chi connectivity index (χ2v) is 7.19. The molecule has 3 saturated heterocycles. The van der Waals surface area contributed by atoms with E-state index >= 15 is 0 Å². The van der Waals surface area contributed by atoms with Crippen LogP contribution in [0.3, 0.4) is 0 Å². The van der Waals surface area contributed by atoms with E-state index < -0.39 is 0 Å². The number of nitrogens with one attached hydrogen (secondary N) is 1. The van der Waals surface area contributed by atoms with Gasteiger partial charge in [-0.25, -0.2) is 0 Å². The van der Waals surface area contributed by atoms with Crippen LogP contribution < -0.4 is 5.32 Å². The van der Waals surface area contributed by atoms with E-state index in [1.165, 1.54) is 65.0 Å². The Balaban J connectivity index is 1.56. The molecule has 0 radical (unpaired) electrons. The van der Waals surface area contributed by atoms with Crippen LogP contribution in [0.5, 0.6) is 0 Å². The van der Waals surface area contributed by atoms with E-state index in [1.807, 2.05) is 0 Å². The Bertz CT molecular complexity index is 289. The van der Waals surface area contributed by atoms with Gasteiger partial charge in [-0.15, -0.1) is 0 Å². The monoisotopic (exact) mass is 251 g/mol. The molecule has 0 saturated carbocycles. The van der Waals surface area contributed by atoms with Crippen molar-refractivity contribution in [3.63, 3.8) is 0 Å². The van der Waals surface area contributed by atoms with Gasteiger partial charge in [0.05, 0.1) is 0 Å². The van der Waals surface area contributed by atoms with E-state index in [-0.39, 0.29) is 0 Å². The van der Waals surface area contributed by atoms with Crippen LogP contribution in [0.2, 0.25) is 0 Å². The molecule has 2 unspecified atom stereocenters. The summed E-state index contributed by atoms with van der Waals surface area (Å²) in [5.74, 6) is 0. The maximum Gasteiger partial charge on any atom is 0.0246 e. The average Bonchev–Trinajstić information content (AvgIpc) is 2.79.